The Balaban J connectivity index is 2.16. The summed E-state index contributed by atoms with van der Waals surface area (Å²) >= 11 is 1.95. The smallest absolute Gasteiger partial charge is 0.162 e. The molecule has 0 spiro atoms. The number of hydrogen-bond donors (Lipinski definition) is 0. The van der Waals surface area contributed by atoms with Gasteiger partial charge in [0.05, 0.1) is 0 Å². The van der Waals surface area contributed by atoms with Gasteiger partial charge in [0.1, 0.15) is 0 Å². The molecule has 1 rings (SSSR count). The van der Waals surface area contributed by atoms with E-state index in [0.717, 1.165) is 23.7 Å². The van der Waals surface area contributed by atoms with Crippen molar-refractivity contribution in [1.82, 2.24) is 0 Å². The summed E-state index contributed by atoms with van der Waals surface area (Å²) in [5.41, 5.74) is 0.844. The van der Waals surface area contributed by atoms with Gasteiger partial charge in [-0.3, -0.25) is 4.79 Å². The van der Waals surface area contributed by atoms with Crippen LogP contribution in [0.3, 0.4) is 0 Å². The summed E-state index contributed by atoms with van der Waals surface area (Å²) in [6, 6.07) is 9.56. The molecular weight excluding hydrogens is 216 g/mol. The topological polar surface area (TPSA) is 17.1 Å². The Morgan fingerprint density at radius 2 is 1.94 bits per heavy atom. The Morgan fingerprint density at radius 1 is 1.25 bits per heavy atom. The number of carbonyl (C=O) groups is 1. The van der Waals surface area contributed by atoms with E-state index in [-0.39, 0.29) is 5.78 Å². The fourth-order valence-electron chi connectivity index (χ4n) is 1.42. The first-order valence-corrected chi connectivity index (χ1v) is 7.01. The molecule has 2 heteroatoms. The first-order chi connectivity index (χ1) is 7.70. The highest BCUT2D eigenvalue weighted by atomic mass is 32.2. The number of Topliss-reactive ketones (excluding diaryl/α,β-unsaturated/α-hetero) is 1. The van der Waals surface area contributed by atoms with Crippen LogP contribution in [0.5, 0.6) is 0 Å². The van der Waals surface area contributed by atoms with Crippen molar-refractivity contribution >= 4 is 17.5 Å². The van der Waals surface area contributed by atoms with E-state index in [1.54, 1.807) is 0 Å². The maximum Gasteiger partial charge on any atom is 0.162 e. The second kappa shape index (κ2) is 7.50. The summed E-state index contributed by atoms with van der Waals surface area (Å²) in [6.45, 7) is 4.45. The number of thioether (sulfide) groups is 1. The van der Waals surface area contributed by atoms with Gasteiger partial charge in [-0.2, -0.15) is 11.8 Å². The van der Waals surface area contributed by atoms with Crippen molar-refractivity contribution in [3.63, 3.8) is 0 Å². The van der Waals surface area contributed by atoms with Gasteiger partial charge < -0.3 is 0 Å². The molecule has 16 heavy (non-hydrogen) atoms. The van der Waals surface area contributed by atoms with Crippen LogP contribution >= 0.6 is 11.8 Å². The summed E-state index contributed by atoms with van der Waals surface area (Å²) in [7, 11) is 0. The highest BCUT2D eigenvalue weighted by Gasteiger charge is 2.04. The Hall–Kier alpha value is -0.760. The quantitative estimate of drug-likeness (QED) is 0.525. The average Bonchev–Trinajstić information content (AvgIpc) is 2.29. The van der Waals surface area contributed by atoms with Crippen LogP contribution in [0, 0.1) is 5.92 Å². The van der Waals surface area contributed by atoms with Crippen LogP contribution in [-0.2, 0) is 0 Å². The second-order valence-electron chi connectivity index (χ2n) is 4.36. The molecule has 1 aromatic rings. The monoisotopic (exact) mass is 236 g/mol. The van der Waals surface area contributed by atoms with Crippen molar-refractivity contribution in [2.24, 2.45) is 5.92 Å². The Morgan fingerprint density at radius 3 is 2.56 bits per heavy atom. The molecule has 0 aliphatic carbocycles. The van der Waals surface area contributed by atoms with E-state index in [1.807, 2.05) is 42.1 Å². The Labute approximate surface area is 103 Å². The van der Waals surface area contributed by atoms with E-state index in [2.05, 4.69) is 13.8 Å². The minimum atomic E-state index is 0.269. The third-order valence-corrected chi connectivity index (χ3v) is 3.72. The van der Waals surface area contributed by atoms with Crippen molar-refractivity contribution in [1.29, 1.82) is 0 Å². The highest BCUT2D eigenvalue weighted by Crippen LogP contribution is 2.11. The van der Waals surface area contributed by atoms with Crippen LogP contribution in [-0.4, -0.2) is 17.3 Å². The first-order valence-electron chi connectivity index (χ1n) is 5.86. The minimum Gasteiger partial charge on any atom is -0.294 e. The molecule has 0 saturated heterocycles. The van der Waals surface area contributed by atoms with Crippen LogP contribution in [0.2, 0.25) is 0 Å². The Bertz CT molecular complexity index is 306. The third-order valence-electron chi connectivity index (χ3n) is 2.24. The molecule has 0 radical (unpaired) electrons. The van der Waals surface area contributed by atoms with Gasteiger partial charge in [0.15, 0.2) is 5.78 Å². The SMILES string of the molecule is CC(C)CSCCCC(=O)c1ccccc1. The standard InChI is InChI=1S/C14H20OS/c1-12(2)11-16-10-6-9-14(15)13-7-4-3-5-8-13/h3-5,7-8,12H,6,9-11H2,1-2H3. The molecule has 0 saturated carbocycles. The van der Waals surface area contributed by atoms with Crippen molar-refractivity contribution in [3.8, 4) is 0 Å². The molecule has 0 heterocycles. The van der Waals surface area contributed by atoms with Gasteiger partial charge in [-0.1, -0.05) is 44.2 Å². The number of benzene rings is 1. The third kappa shape index (κ3) is 5.36. The zero-order valence-electron chi connectivity index (χ0n) is 10.1. The maximum atomic E-state index is 11.7. The van der Waals surface area contributed by atoms with Gasteiger partial charge in [-0.05, 0) is 23.8 Å². The average molecular weight is 236 g/mol. The summed E-state index contributed by atoms with van der Waals surface area (Å²) in [5.74, 6) is 3.30. The van der Waals surface area contributed by atoms with Crippen molar-refractivity contribution in [2.45, 2.75) is 26.7 Å². The molecule has 0 aliphatic heterocycles. The highest BCUT2D eigenvalue weighted by molar-refractivity contribution is 7.99. The number of hydrogen-bond acceptors (Lipinski definition) is 2. The van der Waals surface area contributed by atoms with Crippen molar-refractivity contribution in [2.75, 3.05) is 11.5 Å². The van der Waals surface area contributed by atoms with Crippen LogP contribution < -0.4 is 0 Å². The lowest BCUT2D eigenvalue weighted by Gasteiger charge is -2.04. The fraction of sp³-hybridized carbons (Fsp3) is 0.500. The molecular formula is C14H20OS. The van der Waals surface area contributed by atoms with Crippen molar-refractivity contribution in [3.05, 3.63) is 35.9 Å². The van der Waals surface area contributed by atoms with E-state index in [9.17, 15) is 4.79 Å². The lowest BCUT2D eigenvalue weighted by Crippen LogP contribution is -2.00. The normalized spacial score (nSPS) is 10.7. The Kier molecular flexibility index (Phi) is 6.24. The van der Waals surface area contributed by atoms with E-state index in [4.69, 9.17) is 0 Å². The molecule has 0 N–H and O–H groups in total. The number of carbonyl (C=O) groups excluding carboxylic acids is 1. The number of rotatable bonds is 7. The molecule has 0 unspecified atom stereocenters. The predicted octanol–water partition coefficient (Wildman–Crippen LogP) is 4.04. The molecule has 0 atom stereocenters. The van der Waals surface area contributed by atoms with Gasteiger partial charge in [0, 0.05) is 12.0 Å². The van der Waals surface area contributed by atoms with Gasteiger partial charge in [-0.25, -0.2) is 0 Å². The zero-order valence-corrected chi connectivity index (χ0v) is 10.9. The zero-order chi connectivity index (χ0) is 11.8. The summed E-state index contributed by atoms with van der Waals surface area (Å²) in [5, 5.41) is 0. The van der Waals surface area contributed by atoms with Gasteiger partial charge in [-0.15, -0.1) is 0 Å². The van der Waals surface area contributed by atoms with Gasteiger partial charge in [0.2, 0.25) is 0 Å². The molecule has 88 valence electrons. The molecule has 1 nitrogen and oxygen atoms in total. The van der Waals surface area contributed by atoms with Crippen LogP contribution in [0.25, 0.3) is 0 Å². The van der Waals surface area contributed by atoms with E-state index >= 15 is 0 Å². The van der Waals surface area contributed by atoms with Crippen molar-refractivity contribution < 1.29 is 4.79 Å². The molecule has 0 aromatic heterocycles. The summed E-state index contributed by atoms with van der Waals surface area (Å²) in [4.78, 5) is 11.7. The molecule has 0 fully saturated rings. The van der Waals surface area contributed by atoms with Crippen LogP contribution in [0.1, 0.15) is 37.0 Å². The maximum absolute atomic E-state index is 11.7. The van der Waals surface area contributed by atoms with E-state index < -0.39 is 0 Å². The first kappa shape index (κ1) is 13.3. The summed E-state index contributed by atoms with van der Waals surface area (Å²) < 4.78 is 0. The van der Waals surface area contributed by atoms with Gasteiger partial charge in [0.25, 0.3) is 0 Å². The fourth-order valence-corrected chi connectivity index (χ4v) is 2.41. The molecule has 0 bridgehead atoms. The molecule has 0 aliphatic rings. The lowest BCUT2D eigenvalue weighted by atomic mass is 10.1. The molecule has 0 amide bonds. The van der Waals surface area contributed by atoms with E-state index in [1.165, 1.54) is 5.75 Å². The van der Waals surface area contributed by atoms with E-state index in [0.29, 0.717) is 6.42 Å². The molecule has 1 aromatic carbocycles. The summed E-state index contributed by atoms with van der Waals surface area (Å²) in [6.07, 6.45) is 1.67. The largest absolute Gasteiger partial charge is 0.294 e. The predicted molar refractivity (Wildman–Crippen MR) is 72.2 cm³/mol. The second-order valence-corrected chi connectivity index (χ2v) is 5.51. The minimum absolute atomic E-state index is 0.269. The van der Waals surface area contributed by atoms with Crippen LogP contribution in [0.15, 0.2) is 30.3 Å². The van der Waals surface area contributed by atoms with Crippen LogP contribution in [0.4, 0.5) is 0 Å². The lowest BCUT2D eigenvalue weighted by molar-refractivity contribution is 0.0982. The number of ketones is 1. The van der Waals surface area contributed by atoms with Gasteiger partial charge >= 0.3 is 0 Å².